The number of benzene rings is 1. The molecule has 8 nitrogen and oxygen atoms in total. The van der Waals surface area contributed by atoms with E-state index in [0.717, 1.165) is 5.56 Å². The summed E-state index contributed by atoms with van der Waals surface area (Å²) in [6.07, 6.45) is -0.487. The minimum absolute atomic E-state index is 0.195. The zero-order valence-corrected chi connectivity index (χ0v) is 18.0. The molecule has 2 N–H and O–H groups in total. The van der Waals surface area contributed by atoms with Crippen LogP contribution < -0.4 is 20.1 Å². The van der Waals surface area contributed by atoms with E-state index in [9.17, 15) is 9.59 Å². The lowest BCUT2D eigenvalue weighted by Crippen LogP contribution is -2.49. The van der Waals surface area contributed by atoms with Crippen LogP contribution in [0.15, 0.2) is 18.2 Å². The Morgan fingerprint density at radius 2 is 1.86 bits per heavy atom. The predicted molar refractivity (Wildman–Crippen MR) is 108 cm³/mol. The maximum Gasteiger partial charge on any atom is 0.408 e. The third-order valence-electron chi connectivity index (χ3n) is 4.23. The van der Waals surface area contributed by atoms with Gasteiger partial charge in [-0.3, -0.25) is 4.79 Å². The van der Waals surface area contributed by atoms with Crippen LogP contribution >= 0.6 is 0 Å². The monoisotopic (exact) mass is 408 g/mol. The maximum atomic E-state index is 12.7. The fourth-order valence-electron chi connectivity index (χ4n) is 2.92. The molecule has 1 aromatic rings. The molecule has 0 aliphatic carbocycles. The van der Waals surface area contributed by atoms with Gasteiger partial charge in [-0.1, -0.05) is 19.9 Å². The van der Waals surface area contributed by atoms with Crippen LogP contribution in [0.1, 0.15) is 52.7 Å². The number of hydrogen-bond acceptors (Lipinski definition) is 6. The summed E-state index contributed by atoms with van der Waals surface area (Å²) in [6.45, 7) is 9.75. The van der Waals surface area contributed by atoms with Crippen LogP contribution in [0.3, 0.4) is 0 Å². The summed E-state index contributed by atoms with van der Waals surface area (Å²) < 4.78 is 21.5. The summed E-state index contributed by atoms with van der Waals surface area (Å²) in [5, 5.41) is 5.54. The first-order chi connectivity index (χ1) is 13.6. The number of ether oxygens (including phenoxy) is 4. The van der Waals surface area contributed by atoms with E-state index < -0.39 is 17.7 Å². The third kappa shape index (κ3) is 7.12. The van der Waals surface area contributed by atoms with Gasteiger partial charge in [-0.15, -0.1) is 0 Å². The molecule has 0 saturated heterocycles. The van der Waals surface area contributed by atoms with Crippen LogP contribution in [0.2, 0.25) is 0 Å². The average Bonchev–Trinajstić information content (AvgIpc) is 3.07. The molecule has 1 aliphatic heterocycles. The summed E-state index contributed by atoms with van der Waals surface area (Å²) in [7, 11) is 1.58. The molecule has 2 rings (SSSR count). The van der Waals surface area contributed by atoms with Crippen molar-refractivity contribution in [3.05, 3.63) is 23.8 Å². The minimum atomic E-state index is -0.695. The summed E-state index contributed by atoms with van der Waals surface area (Å²) in [6, 6.07) is 4.84. The molecule has 1 aromatic carbocycles. The molecular formula is C21H32N2O6. The van der Waals surface area contributed by atoms with Gasteiger partial charge in [-0.25, -0.2) is 4.79 Å². The van der Waals surface area contributed by atoms with Gasteiger partial charge in [-0.2, -0.15) is 0 Å². The van der Waals surface area contributed by atoms with E-state index in [1.54, 1.807) is 27.9 Å². The molecule has 0 radical (unpaired) electrons. The summed E-state index contributed by atoms with van der Waals surface area (Å²) in [5.74, 6) is 1.27. The van der Waals surface area contributed by atoms with Gasteiger partial charge in [0.2, 0.25) is 12.7 Å². The number of rotatable bonds is 8. The molecule has 0 aromatic heterocycles. The van der Waals surface area contributed by atoms with Crippen molar-refractivity contribution in [2.75, 3.05) is 20.4 Å². The molecule has 0 fully saturated rings. The smallest absolute Gasteiger partial charge is 0.408 e. The highest BCUT2D eigenvalue weighted by Gasteiger charge is 2.26. The summed E-state index contributed by atoms with van der Waals surface area (Å²) in [5.41, 5.74) is 0.223. The summed E-state index contributed by atoms with van der Waals surface area (Å²) in [4.78, 5) is 24.9. The lowest BCUT2D eigenvalue weighted by atomic mass is 10.0. The Hall–Kier alpha value is -2.48. The topological polar surface area (TPSA) is 95.1 Å². The first-order valence-electron chi connectivity index (χ1n) is 9.78. The normalized spacial score (nSPS) is 15.0. The molecule has 0 bridgehead atoms. The quantitative estimate of drug-likeness (QED) is 0.686. The number of fused-ring (bicyclic) bond motifs is 1. The first-order valence-corrected chi connectivity index (χ1v) is 9.78. The third-order valence-corrected chi connectivity index (χ3v) is 4.23. The molecule has 29 heavy (non-hydrogen) atoms. The molecule has 2 amide bonds. The Morgan fingerprint density at radius 1 is 1.17 bits per heavy atom. The van der Waals surface area contributed by atoms with Crippen LogP contribution in [0.25, 0.3) is 0 Å². The number of amides is 2. The van der Waals surface area contributed by atoms with Gasteiger partial charge in [0.15, 0.2) is 11.5 Å². The van der Waals surface area contributed by atoms with Crippen LogP contribution in [-0.4, -0.2) is 44.1 Å². The Morgan fingerprint density at radius 3 is 2.48 bits per heavy atom. The molecule has 2 atom stereocenters. The second-order valence-electron chi connectivity index (χ2n) is 8.41. The van der Waals surface area contributed by atoms with Gasteiger partial charge in [0.05, 0.1) is 6.10 Å². The van der Waals surface area contributed by atoms with Gasteiger partial charge in [0.1, 0.15) is 11.6 Å². The van der Waals surface area contributed by atoms with Crippen molar-refractivity contribution in [1.29, 1.82) is 0 Å². The van der Waals surface area contributed by atoms with Gasteiger partial charge in [0, 0.05) is 13.7 Å². The molecular weight excluding hydrogens is 376 g/mol. The Kier molecular flexibility index (Phi) is 7.73. The second-order valence-corrected chi connectivity index (χ2v) is 8.41. The number of hydrogen-bond donors (Lipinski definition) is 2. The fraction of sp³-hybridized carbons (Fsp3) is 0.619. The van der Waals surface area contributed by atoms with Crippen LogP contribution in [-0.2, 0) is 14.3 Å². The number of alkyl carbamates (subject to hydrolysis) is 1. The highest BCUT2D eigenvalue weighted by molar-refractivity contribution is 5.85. The second kappa shape index (κ2) is 9.82. The lowest BCUT2D eigenvalue weighted by Gasteiger charge is -2.25. The number of methoxy groups -OCH3 is 1. The van der Waals surface area contributed by atoms with Crippen molar-refractivity contribution in [2.45, 2.75) is 58.8 Å². The number of carbonyl (C=O) groups excluding carboxylic acids is 2. The van der Waals surface area contributed by atoms with Crippen LogP contribution in [0.5, 0.6) is 11.5 Å². The number of nitrogens with one attached hydrogen (secondary N) is 2. The van der Waals surface area contributed by atoms with E-state index in [1.165, 1.54) is 0 Å². The minimum Gasteiger partial charge on any atom is -0.454 e. The van der Waals surface area contributed by atoms with E-state index in [-0.39, 0.29) is 31.3 Å². The zero-order valence-electron chi connectivity index (χ0n) is 18.0. The van der Waals surface area contributed by atoms with Gasteiger partial charge in [0.25, 0.3) is 0 Å². The first kappa shape index (κ1) is 22.8. The van der Waals surface area contributed by atoms with Crippen molar-refractivity contribution < 1.29 is 28.5 Å². The van der Waals surface area contributed by atoms with Crippen molar-refractivity contribution in [3.63, 3.8) is 0 Å². The van der Waals surface area contributed by atoms with E-state index in [2.05, 4.69) is 10.6 Å². The molecule has 8 heteroatoms. The van der Waals surface area contributed by atoms with Gasteiger partial charge >= 0.3 is 6.09 Å². The van der Waals surface area contributed by atoms with Gasteiger partial charge < -0.3 is 29.6 Å². The van der Waals surface area contributed by atoms with E-state index in [4.69, 9.17) is 18.9 Å². The SMILES string of the molecule is COC(CNC(=O)C(CC(C)C)NC(=O)OC(C)(C)C)c1ccc2c(c1)OCO2. The van der Waals surface area contributed by atoms with Crippen molar-refractivity contribution >= 4 is 12.0 Å². The Balaban J connectivity index is 1.98. The molecule has 2 unspecified atom stereocenters. The van der Waals surface area contributed by atoms with Crippen LogP contribution in [0.4, 0.5) is 4.79 Å². The highest BCUT2D eigenvalue weighted by atomic mass is 16.7. The summed E-state index contributed by atoms with van der Waals surface area (Å²) >= 11 is 0. The fourth-order valence-corrected chi connectivity index (χ4v) is 2.92. The number of carbonyl (C=O) groups is 2. The molecule has 162 valence electrons. The molecule has 1 heterocycles. The van der Waals surface area contributed by atoms with E-state index in [1.807, 2.05) is 32.0 Å². The molecule has 0 saturated carbocycles. The van der Waals surface area contributed by atoms with E-state index >= 15 is 0 Å². The predicted octanol–water partition coefficient (Wildman–Crippen LogP) is 3.16. The van der Waals surface area contributed by atoms with Crippen molar-refractivity contribution in [3.8, 4) is 11.5 Å². The standard InChI is InChI=1S/C21H32N2O6/c1-13(2)9-15(23-20(25)29-21(3,4)5)19(24)22-11-18(26-6)14-7-8-16-17(10-14)28-12-27-16/h7-8,10,13,15,18H,9,11-12H2,1-6H3,(H,22,24)(H,23,25). The Bertz CT molecular complexity index is 714. The zero-order chi connectivity index (χ0) is 21.6. The Labute approximate surface area is 172 Å². The molecule has 1 aliphatic rings. The maximum absolute atomic E-state index is 12.7. The van der Waals surface area contributed by atoms with Crippen LogP contribution in [0, 0.1) is 5.92 Å². The van der Waals surface area contributed by atoms with Crippen molar-refractivity contribution in [2.24, 2.45) is 5.92 Å². The van der Waals surface area contributed by atoms with Crippen molar-refractivity contribution in [1.82, 2.24) is 10.6 Å². The largest absolute Gasteiger partial charge is 0.454 e. The average molecular weight is 408 g/mol. The van der Waals surface area contributed by atoms with Gasteiger partial charge in [-0.05, 0) is 50.8 Å². The highest BCUT2D eigenvalue weighted by Crippen LogP contribution is 2.34. The molecule has 0 spiro atoms. The lowest BCUT2D eigenvalue weighted by molar-refractivity contribution is -0.124. The van der Waals surface area contributed by atoms with E-state index in [0.29, 0.717) is 17.9 Å².